The molecule has 1 unspecified atom stereocenters. The molecule has 1 N–H and O–H groups in total. The van der Waals surface area contributed by atoms with Gasteiger partial charge in [0, 0.05) is 23.6 Å². The fraction of sp³-hybridized carbons (Fsp3) is 0.450. The van der Waals surface area contributed by atoms with Crippen molar-refractivity contribution in [2.75, 3.05) is 7.11 Å². The highest BCUT2D eigenvalue weighted by molar-refractivity contribution is 5.83. The Labute approximate surface area is 156 Å². The third-order valence-corrected chi connectivity index (χ3v) is 4.88. The smallest absolute Gasteiger partial charge is 0.336 e. The van der Waals surface area contributed by atoms with Crippen LogP contribution in [0.1, 0.15) is 32.3 Å². The van der Waals surface area contributed by atoms with Crippen molar-refractivity contribution in [3.63, 3.8) is 0 Å². The largest absolute Gasteiger partial charge is 0.481 e. The SMILES string of the molecule is CCc1cc(=O)oc2cc(OC(C)C(=O)NC3CC(C(=O)OC)C3)ccc12. The minimum absolute atomic E-state index is 0.0469. The molecule has 0 saturated heterocycles. The van der Waals surface area contributed by atoms with Gasteiger partial charge in [-0.1, -0.05) is 6.92 Å². The minimum atomic E-state index is -0.722. The van der Waals surface area contributed by atoms with Crippen molar-refractivity contribution in [1.82, 2.24) is 5.32 Å². The van der Waals surface area contributed by atoms with Crippen LogP contribution < -0.4 is 15.7 Å². The van der Waals surface area contributed by atoms with E-state index in [9.17, 15) is 14.4 Å². The van der Waals surface area contributed by atoms with Crippen LogP contribution >= 0.6 is 0 Å². The molecule has 7 nitrogen and oxygen atoms in total. The number of benzene rings is 1. The summed E-state index contributed by atoms with van der Waals surface area (Å²) in [5.41, 5.74) is 0.931. The average molecular weight is 373 g/mol. The van der Waals surface area contributed by atoms with Crippen LogP contribution in [0.5, 0.6) is 5.75 Å². The van der Waals surface area contributed by atoms with Crippen molar-refractivity contribution >= 4 is 22.8 Å². The highest BCUT2D eigenvalue weighted by Crippen LogP contribution is 2.28. The molecular formula is C20H23NO6. The van der Waals surface area contributed by atoms with Gasteiger partial charge in [0.1, 0.15) is 11.3 Å². The van der Waals surface area contributed by atoms with Crippen molar-refractivity contribution in [2.45, 2.75) is 45.3 Å². The van der Waals surface area contributed by atoms with Gasteiger partial charge in [-0.15, -0.1) is 0 Å². The van der Waals surface area contributed by atoms with Crippen molar-refractivity contribution in [3.8, 4) is 5.75 Å². The number of carbonyl (C=O) groups excluding carboxylic acids is 2. The van der Waals surface area contributed by atoms with Crippen LogP contribution in [0.3, 0.4) is 0 Å². The van der Waals surface area contributed by atoms with E-state index in [0.717, 1.165) is 17.4 Å². The van der Waals surface area contributed by atoms with E-state index >= 15 is 0 Å². The Bertz CT molecular complexity index is 912. The van der Waals surface area contributed by atoms with Gasteiger partial charge in [-0.25, -0.2) is 4.79 Å². The molecular weight excluding hydrogens is 350 g/mol. The summed E-state index contributed by atoms with van der Waals surface area (Å²) < 4.78 is 15.6. The van der Waals surface area contributed by atoms with E-state index in [2.05, 4.69) is 10.1 Å². The Hall–Kier alpha value is -2.83. The van der Waals surface area contributed by atoms with E-state index in [1.807, 2.05) is 13.0 Å². The lowest BCUT2D eigenvalue weighted by Gasteiger charge is -2.34. The summed E-state index contributed by atoms with van der Waals surface area (Å²) >= 11 is 0. The van der Waals surface area contributed by atoms with Gasteiger partial charge in [0.05, 0.1) is 13.0 Å². The van der Waals surface area contributed by atoms with Crippen LogP contribution in [0.15, 0.2) is 33.5 Å². The molecule has 1 aromatic carbocycles. The normalized spacial score (nSPS) is 19.8. The summed E-state index contributed by atoms with van der Waals surface area (Å²) in [6, 6.07) is 6.63. The zero-order valence-electron chi connectivity index (χ0n) is 15.6. The topological polar surface area (TPSA) is 94.8 Å². The number of rotatable bonds is 6. The van der Waals surface area contributed by atoms with Gasteiger partial charge in [-0.2, -0.15) is 0 Å². The lowest BCUT2D eigenvalue weighted by Crippen LogP contribution is -2.50. The Morgan fingerprint density at radius 1 is 1.30 bits per heavy atom. The lowest BCUT2D eigenvalue weighted by atomic mass is 9.80. The Morgan fingerprint density at radius 3 is 2.70 bits per heavy atom. The number of methoxy groups -OCH3 is 1. The first kappa shape index (κ1) is 18.9. The number of amides is 1. The predicted molar refractivity (Wildman–Crippen MR) is 98.6 cm³/mol. The third kappa shape index (κ3) is 4.13. The number of hydrogen-bond donors (Lipinski definition) is 1. The first-order chi connectivity index (χ1) is 12.9. The standard InChI is InChI=1S/C20H23NO6/c1-4-12-9-18(22)27-17-10-15(5-6-16(12)17)26-11(2)19(23)21-14-7-13(8-14)20(24)25-3/h5-6,9-11,13-14H,4,7-8H2,1-3H3,(H,21,23). The molecule has 1 aliphatic rings. The van der Waals surface area contributed by atoms with Gasteiger partial charge in [-0.05, 0) is 43.9 Å². The molecule has 2 aromatic rings. The number of esters is 1. The Kier molecular flexibility index (Phi) is 5.48. The summed E-state index contributed by atoms with van der Waals surface area (Å²) in [5, 5.41) is 3.72. The summed E-state index contributed by atoms with van der Waals surface area (Å²) in [5.74, 6) is -0.198. The van der Waals surface area contributed by atoms with Crippen molar-refractivity contribution < 1.29 is 23.5 Å². The van der Waals surface area contributed by atoms with Crippen LogP contribution in [-0.4, -0.2) is 31.1 Å². The second kappa shape index (κ2) is 7.82. The maximum Gasteiger partial charge on any atom is 0.336 e. The fourth-order valence-corrected chi connectivity index (χ4v) is 3.25. The molecule has 1 saturated carbocycles. The van der Waals surface area contributed by atoms with Crippen LogP contribution in [0.25, 0.3) is 11.0 Å². The maximum atomic E-state index is 12.3. The van der Waals surface area contributed by atoms with E-state index < -0.39 is 11.7 Å². The Balaban J connectivity index is 1.62. The zero-order chi connectivity index (χ0) is 19.6. The molecule has 3 rings (SSSR count). The van der Waals surface area contributed by atoms with Crippen molar-refractivity contribution in [2.24, 2.45) is 5.92 Å². The zero-order valence-corrected chi connectivity index (χ0v) is 15.6. The molecule has 0 bridgehead atoms. The van der Waals surface area contributed by atoms with E-state index in [0.29, 0.717) is 24.2 Å². The fourth-order valence-electron chi connectivity index (χ4n) is 3.25. The summed E-state index contributed by atoms with van der Waals surface area (Å²) in [4.78, 5) is 35.3. The number of nitrogens with one attached hydrogen (secondary N) is 1. The summed E-state index contributed by atoms with van der Waals surface area (Å²) in [6.45, 7) is 3.62. The van der Waals surface area contributed by atoms with E-state index in [4.69, 9.17) is 9.15 Å². The van der Waals surface area contributed by atoms with Crippen molar-refractivity contribution in [1.29, 1.82) is 0 Å². The molecule has 0 radical (unpaired) electrons. The van der Waals surface area contributed by atoms with Gasteiger partial charge in [0.2, 0.25) is 0 Å². The van der Waals surface area contributed by atoms with E-state index in [1.54, 1.807) is 19.1 Å². The monoisotopic (exact) mass is 373 g/mol. The second-order valence-corrected chi connectivity index (χ2v) is 6.76. The van der Waals surface area contributed by atoms with Gasteiger partial charge >= 0.3 is 11.6 Å². The molecule has 7 heteroatoms. The van der Waals surface area contributed by atoms with E-state index in [-0.39, 0.29) is 23.8 Å². The van der Waals surface area contributed by atoms with Crippen LogP contribution in [0.2, 0.25) is 0 Å². The van der Waals surface area contributed by atoms with Gasteiger partial charge in [0.15, 0.2) is 6.10 Å². The van der Waals surface area contributed by atoms with Gasteiger partial charge < -0.3 is 19.2 Å². The predicted octanol–water partition coefficient (Wildman–Crippen LogP) is 2.19. The molecule has 0 aliphatic heterocycles. The quantitative estimate of drug-likeness (QED) is 0.616. The molecule has 0 spiro atoms. The molecule has 27 heavy (non-hydrogen) atoms. The molecule has 1 atom stereocenters. The molecule has 1 amide bonds. The average Bonchev–Trinajstić information content (AvgIpc) is 2.62. The van der Waals surface area contributed by atoms with Crippen LogP contribution in [0, 0.1) is 5.92 Å². The highest BCUT2D eigenvalue weighted by atomic mass is 16.5. The molecule has 1 heterocycles. The third-order valence-electron chi connectivity index (χ3n) is 4.88. The first-order valence-corrected chi connectivity index (χ1v) is 9.03. The Morgan fingerprint density at radius 2 is 2.04 bits per heavy atom. The van der Waals surface area contributed by atoms with E-state index in [1.165, 1.54) is 13.2 Å². The number of aryl methyl sites for hydroxylation is 1. The number of hydrogen-bond acceptors (Lipinski definition) is 6. The second-order valence-electron chi connectivity index (χ2n) is 6.76. The minimum Gasteiger partial charge on any atom is -0.481 e. The number of carbonyl (C=O) groups is 2. The van der Waals surface area contributed by atoms with Crippen LogP contribution in [0.4, 0.5) is 0 Å². The van der Waals surface area contributed by atoms with Crippen LogP contribution in [-0.2, 0) is 20.7 Å². The lowest BCUT2D eigenvalue weighted by molar-refractivity contribution is -0.150. The molecule has 1 aliphatic carbocycles. The first-order valence-electron chi connectivity index (χ1n) is 9.03. The number of ether oxygens (including phenoxy) is 2. The molecule has 144 valence electrons. The molecule has 1 fully saturated rings. The maximum absolute atomic E-state index is 12.3. The summed E-state index contributed by atoms with van der Waals surface area (Å²) in [6.07, 6.45) is 1.15. The highest BCUT2D eigenvalue weighted by Gasteiger charge is 2.36. The van der Waals surface area contributed by atoms with Gasteiger partial charge in [-0.3, -0.25) is 9.59 Å². The van der Waals surface area contributed by atoms with Crippen molar-refractivity contribution in [3.05, 3.63) is 40.2 Å². The summed E-state index contributed by atoms with van der Waals surface area (Å²) in [7, 11) is 1.36. The number of fused-ring (bicyclic) bond motifs is 1. The van der Waals surface area contributed by atoms with Gasteiger partial charge in [0.25, 0.3) is 5.91 Å². The molecule has 1 aromatic heterocycles.